The molecule has 0 fully saturated rings. The molecule has 0 atom stereocenters. The summed E-state index contributed by atoms with van der Waals surface area (Å²) < 4.78 is 16.8. The van der Waals surface area contributed by atoms with Crippen molar-refractivity contribution in [3.8, 4) is 11.5 Å². The van der Waals surface area contributed by atoms with Gasteiger partial charge in [-0.1, -0.05) is 24.3 Å². The molecule has 2 aromatic carbocycles. The maximum atomic E-state index is 12.6. The second kappa shape index (κ2) is 10.8. The second-order valence-corrected chi connectivity index (χ2v) is 8.12. The summed E-state index contributed by atoms with van der Waals surface area (Å²) in [4.78, 5) is 31.0. The molecule has 1 heterocycles. The molecule has 0 saturated heterocycles. The zero-order valence-corrected chi connectivity index (χ0v) is 19.7. The molecule has 0 bridgehead atoms. The molecule has 33 heavy (non-hydrogen) atoms. The molecule has 174 valence electrons. The molecule has 0 N–H and O–H groups in total. The number of aliphatic imine (C=N–C) groups is 1. The summed E-state index contributed by atoms with van der Waals surface area (Å²) in [5.41, 5.74) is 1.63. The molecule has 7 nitrogen and oxygen atoms in total. The molecule has 0 unspecified atom stereocenters. The molecular weight excluding hydrogens is 420 g/mol. The van der Waals surface area contributed by atoms with Crippen molar-refractivity contribution in [3.63, 3.8) is 0 Å². The summed E-state index contributed by atoms with van der Waals surface area (Å²) in [5, 5.41) is 0. The highest BCUT2D eigenvalue weighted by atomic mass is 16.6. The Balaban J connectivity index is 1.79. The van der Waals surface area contributed by atoms with Crippen molar-refractivity contribution in [2.24, 2.45) is 4.99 Å². The molecule has 0 aromatic heterocycles. The fraction of sp³-hybridized carbons (Fsp3) is 0.346. The van der Waals surface area contributed by atoms with E-state index in [-0.39, 0.29) is 36.2 Å². The minimum absolute atomic E-state index is 0.0777. The number of benzene rings is 2. The van der Waals surface area contributed by atoms with E-state index in [0.29, 0.717) is 23.7 Å². The van der Waals surface area contributed by atoms with Gasteiger partial charge in [-0.25, -0.2) is 9.79 Å². The van der Waals surface area contributed by atoms with Crippen molar-refractivity contribution < 1.29 is 23.8 Å². The van der Waals surface area contributed by atoms with Gasteiger partial charge in [-0.2, -0.15) is 0 Å². The van der Waals surface area contributed by atoms with Gasteiger partial charge in [0.15, 0.2) is 23.8 Å². The fourth-order valence-electron chi connectivity index (χ4n) is 3.66. The van der Waals surface area contributed by atoms with Crippen LogP contribution in [0.1, 0.15) is 45.7 Å². The Hall–Kier alpha value is -3.61. The van der Waals surface area contributed by atoms with Crippen LogP contribution in [0.3, 0.4) is 0 Å². The van der Waals surface area contributed by atoms with E-state index in [1.807, 2.05) is 65.0 Å². The van der Waals surface area contributed by atoms with E-state index < -0.39 is 5.97 Å². The van der Waals surface area contributed by atoms with Crippen LogP contribution in [0.2, 0.25) is 0 Å². The van der Waals surface area contributed by atoms with Crippen LogP contribution in [0.4, 0.5) is 0 Å². The highest BCUT2D eigenvalue weighted by Gasteiger charge is 2.24. The molecule has 3 rings (SSSR count). The van der Waals surface area contributed by atoms with Gasteiger partial charge in [0.05, 0.1) is 6.61 Å². The lowest BCUT2D eigenvalue weighted by Gasteiger charge is -2.30. The number of nitrogens with zero attached hydrogens (tertiary/aromatic N) is 2. The Morgan fingerprint density at radius 3 is 2.36 bits per heavy atom. The number of cyclic esters (lactones) is 1. The van der Waals surface area contributed by atoms with E-state index in [0.717, 1.165) is 5.56 Å². The van der Waals surface area contributed by atoms with E-state index in [1.54, 1.807) is 29.2 Å². The SMILES string of the molecule is CCOc1cc(C=C2N=C(c3ccccc3)OC2=O)ccc1OCC(=O)N(C(C)C)C(C)C. The lowest BCUT2D eigenvalue weighted by Crippen LogP contribution is -2.44. The first-order valence-electron chi connectivity index (χ1n) is 11.1. The molecule has 7 heteroatoms. The van der Waals surface area contributed by atoms with Crippen LogP contribution in [-0.2, 0) is 14.3 Å². The Bertz CT molecular complexity index is 1050. The average molecular weight is 451 g/mol. The number of ether oxygens (including phenoxy) is 3. The van der Waals surface area contributed by atoms with Gasteiger partial charge in [-0.3, -0.25) is 4.79 Å². The lowest BCUT2D eigenvalue weighted by atomic mass is 10.1. The quantitative estimate of drug-likeness (QED) is 0.417. The maximum Gasteiger partial charge on any atom is 0.363 e. The molecule has 2 aromatic rings. The van der Waals surface area contributed by atoms with E-state index in [1.165, 1.54) is 0 Å². The van der Waals surface area contributed by atoms with Crippen LogP contribution in [0.15, 0.2) is 59.2 Å². The van der Waals surface area contributed by atoms with Gasteiger partial charge in [0, 0.05) is 17.6 Å². The molecule has 0 spiro atoms. The standard InChI is InChI=1S/C26H30N2O5/c1-6-31-23-15-19(12-13-22(23)32-16-24(29)28(17(2)3)18(4)5)14-21-26(30)33-25(27-21)20-10-8-7-9-11-20/h7-15,17-18H,6,16H2,1-5H3. The summed E-state index contributed by atoms with van der Waals surface area (Å²) in [6.45, 7) is 10.1. The van der Waals surface area contributed by atoms with Gasteiger partial charge in [-0.15, -0.1) is 0 Å². The first kappa shape index (κ1) is 24.0. The van der Waals surface area contributed by atoms with Crippen molar-refractivity contribution in [2.45, 2.75) is 46.7 Å². The van der Waals surface area contributed by atoms with E-state index in [9.17, 15) is 9.59 Å². The van der Waals surface area contributed by atoms with Gasteiger partial charge in [0.1, 0.15) is 0 Å². The molecule has 1 aliphatic rings. The van der Waals surface area contributed by atoms with Crippen LogP contribution in [0.25, 0.3) is 6.08 Å². The molecule has 0 saturated carbocycles. The largest absolute Gasteiger partial charge is 0.490 e. The van der Waals surface area contributed by atoms with Gasteiger partial charge in [0.25, 0.3) is 5.91 Å². The molecule has 0 radical (unpaired) electrons. The smallest absolute Gasteiger partial charge is 0.363 e. The zero-order valence-electron chi connectivity index (χ0n) is 19.7. The third-order valence-corrected chi connectivity index (χ3v) is 4.96. The van der Waals surface area contributed by atoms with E-state index in [4.69, 9.17) is 14.2 Å². The number of hydrogen-bond donors (Lipinski definition) is 0. The van der Waals surface area contributed by atoms with Crippen LogP contribution in [0.5, 0.6) is 11.5 Å². The summed E-state index contributed by atoms with van der Waals surface area (Å²) in [7, 11) is 0. The maximum absolute atomic E-state index is 12.6. The average Bonchev–Trinajstić information content (AvgIpc) is 3.13. The number of hydrogen-bond acceptors (Lipinski definition) is 6. The summed E-state index contributed by atoms with van der Waals surface area (Å²) >= 11 is 0. The van der Waals surface area contributed by atoms with Crippen molar-refractivity contribution in [1.82, 2.24) is 4.90 Å². The fourth-order valence-corrected chi connectivity index (χ4v) is 3.66. The van der Waals surface area contributed by atoms with Gasteiger partial charge in [0.2, 0.25) is 5.90 Å². The van der Waals surface area contributed by atoms with Crippen molar-refractivity contribution in [3.05, 3.63) is 65.4 Å². The van der Waals surface area contributed by atoms with E-state index >= 15 is 0 Å². The second-order valence-electron chi connectivity index (χ2n) is 8.12. The number of rotatable bonds is 9. The first-order chi connectivity index (χ1) is 15.8. The van der Waals surface area contributed by atoms with Gasteiger partial charge in [-0.05, 0) is 70.5 Å². The Morgan fingerprint density at radius 1 is 1.03 bits per heavy atom. The first-order valence-corrected chi connectivity index (χ1v) is 11.1. The van der Waals surface area contributed by atoms with Crippen molar-refractivity contribution >= 4 is 23.9 Å². The third-order valence-electron chi connectivity index (χ3n) is 4.96. The molecule has 1 amide bonds. The van der Waals surface area contributed by atoms with Crippen LogP contribution < -0.4 is 9.47 Å². The number of esters is 1. The zero-order chi connectivity index (χ0) is 24.0. The van der Waals surface area contributed by atoms with E-state index in [2.05, 4.69) is 4.99 Å². The lowest BCUT2D eigenvalue weighted by molar-refractivity contribution is -0.137. The third kappa shape index (κ3) is 6.00. The summed E-state index contributed by atoms with van der Waals surface area (Å²) in [6.07, 6.45) is 1.63. The number of carbonyl (C=O) groups excluding carboxylic acids is 2. The normalized spacial score (nSPS) is 14.5. The van der Waals surface area contributed by atoms with Gasteiger partial charge < -0.3 is 19.1 Å². The molecular formula is C26H30N2O5. The predicted octanol–water partition coefficient (Wildman–Crippen LogP) is 4.45. The Kier molecular flexibility index (Phi) is 7.87. The molecule has 1 aliphatic heterocycles. The highest BCUT2D eigenvalue weighted by molar-refractivity contribution is 6.12. The minimum atomic E-state index is -0.514. The summed E-state index contributed by atoms with van der Waals surface area (Å²) in [6, 6.07) is 14.7. The van der Waals surface area contributed by atoms with Crippen LogP contribution in [0, 0.1) is 0 Å². The summed E-state index contributed by atoms with van der Waals surface area (Å²) in [5.74, 6) is 0.613. The predicted molar refractivity (Wildman–Crippen MR) is 127 cm³/mol. The van der Waals surface area contributed by atoms with Crippen molar-refractivity contribution in [2.75, 3.05) is 13.2 Å². The molecule has 0 aliphatic carbocycles. The highest BCUT2D eigenvalue weighted by Crippen LogP contribution is 2.30. The Morgan fingerprint density at radius 2 is 1.73 bits per heavy atom. The number of amides is 1. The van der Waals surface area contributed by atoms with Crippen molar-refractivity contribution in [1.29, 1.82) is 0 Å². The number of carbonyl (C=O) groups is 2. The Labute approximate surface area is 194 Å². The van der Waals surface area contributed by atoms with Crippen LogP contribution in [-0.4, -0.2) is 48.0 Å². The minimum Gasteiger partial charge on any atom is -0.490 e. The monoisotopic (exact) mass is 450 g/mol. The topological polar surface area (TPSA) is 77.4 Å². The van der Waals surface area contributed by atoms with Crippen LogP contribution >= 0.6 is 0 Å². The van der Waals surface area contributed by atoms with Gasteiger partial charge >= 0.3 is 5.97 Å².